The number of rotatable bonds is 5. The smallest absolute Gasteiger partial charge is 0.283 e. The third-order valence-electron chi connectivity index (χ3n) is 6.03. The second-order valence-electron chi connectivity index (χ2n) is 7.69. The summed E-state index contributed by atoms with van der Waals surface area (Å²) in [6.07, 6.45) is 5.88. The van der Waals surface area contributed by atoms with Crippen molar-refractivity contribution in [3.05, 3.63) is 52.0 Å². The summed E-state index contributed by atoms with van der Waals surface area (Å²) >= 11 is 0. The molecular weight excluding hydrogens is 365 g/mol. The van der Waals surface area contributed by atoms with Crippen LogP contribution in [-0.4, -0.2) is 17.0 Å². The number of hydrazone groups is 1. The number of amides is 1. The zero-order valence-electron chi connectivity index (χ0n) is 15.4. The van der Waals surface area contributed by atoms with Crippen molar-refractivity contribution in [3.63, 3.8) is 0 Å². The molecule has 1 aromatic heterocycles. The minimum absolute atomic E-state index is 0.0150. The van der Waals surface area contributed by atoms with Crippen molar-refractivity contribution in [1.82, 2.24) is 5.43 Å². The Kier molecular flexibility index (Phi) is 4.49. The van der Waals surface area contributed by atoms with Crippen LogP contribution in [0.2, 0.25) is 0 Å². The van der Waals surface area contributed by atoms with Gasteiger partial charge in [-0.1, -0.05) is 19.8 Å². The molecule has 4 rings (SSSR count). The molecule has 28 heavy (non-hydrogen) atoms. The van der Waals surface area contributed by atoms with Crippen molar-refractivity contribution in [2.24, 2.45) is 22.4 Å². The van der Waals surface area contributed by atoms with E-state index in [4.69, 9.17) is 4.42 Å². The van der Waals surface area contributed by atoms with Gasteiger partial charge in [-0.25, -0.2) is 9.82 Å². The molecule has 2 saturated carbocycles. The Labute approximate surface area is 160 Å². The van der Waals surface area contributed by atoms with Crippen LogP contribution >= 0.6 is 0 Å². The van der Waals surface area contributed by atoms with Crippen LogP contribution in [0.1, 0.15) is 38.4 Å². The van der Waals surface area contributed by atoms with Crippen molar-refractivity contribution in [2.75, 3.05) is 0 Å². The number of hydrogen-bond acceptors (Lipinski definition) is 5. The summed E-state index contributed by atoms with van der Waals surface area (Å²) in [5.41, 5.74) is 2.47. The molecule has 2 fully saturated rings. The fourth-order valence-corrected chi connectivity index (χ4v) is 4.51. The predicted molar refractivity (Wildman–Crippen MR) is 100 cm³/mol. The second kappa shape index (κ2) is 6.85. The molecule has 0 spiro atoms. The normalized spacial score (nSPS) is 26.1. The Morgan fingerprint density at radius 3 is 2.93 bits per heavy atom. The van der Waals surface area contributed by atoms with E-state index in [-0.39, 0.29) is 34.3 Å². The molecule has 2 aliphatic carbocycles. The van der Waals surface area contributed by atoms with Crippen molar-refractivity contribution in [1.29, 1.82) is 0 Å². The highest BCUT2D eigenvalue weighted by molar-refractivity contribution is 5.85. The summed E-state index contributed by atoms with van der Waals surface area (Å²) in [5.74, 6) is 0.243. The van der Waals surface area contributed by atoms with Gasteiger partial charge in [0, 0.05) is 5.92 Å². The number of carbonyl (C=O) groups is 1. The minimum atomic E-state index is -0.694. The number of nitrogens with zero attached hydrogens (tertiary/aromatic N) is 2. The summed E-state index contributed by atoms with van der Waals surface area (Å²) in [5, 5.41) is 15.1. The molecule has 1 N–H and O–H groups in total. The van der Waals surface area contributed by atoms with Gasteiger partial charge in [-0.3, -0.25) is 14.9 Å². The van der Waals surface area contributed by atoms with Crippen molar-refractivity contribution >= 4 is 17.8 Å². The molecule has 7 nitrogen and oxygen atoms in total. The number of benzene rings is 1. The summed E-state index contributed by atoms with van der Waals surface area (Å²) < 4.78 is 18.8. The first kappa shape index (κ1) is 18.3. The molecule has 8 heteroatoms. The van der Waals surface area contributed by atoms with E-state index in [9.17, 15) is 19.3 Å². The van der Waals surface area contributed by atoms with Crippen molar-refractivity contribution < 1.29 is 18.5 Å². The number of nitrogens with one attached hydrogen (secondary N) is 1. The number of furan rings is 1. The van der Waals surface area contributed by atoms with Gasteiger partial charge >= 0.3 is 0 Å². The molecule has 1 heterocycles. The molecule has 0 aliphatic heterocycles. The largest absolute Gasteiger partial charge is 0.455 e. The topological polar surface area (TPSA) is 97.7 Å². The summed E-state index contributed by atoms with van der Waals surface area (Å²) in [6.45, 7) is 2.17. The number of halogens is 1. The lowest BCUT2D eigenvalue weighted by molar-refractivity contribution is -0.384. The fourth-order valence-electron chi connectivity index (χ4n) is 4.51. The Hall–Kier alpha value is -3.03. The van der Waals surface area contributed by atoms with Crippen LogP contribution < -0.4 is 5.43 Å². The average molecular weight is 385 g/mol. The third kappa shape index (κ3) is 3.19. The molecule has 3 unspecified atom stereocenters. The van der Waals surface area contributed by atoms with E-state index in [1.54, 1.807) is 12.1 Å². The van der Waals surface area contributed by atoms with Crippen LogP contribution in [0.3, 0.4) is 0 Å². The van der Waals surface area contributed by atoms with Crippen LogP contribution in [0.5, 0.6) is 0 Å². The summed E-state index contributed by atoms with van der Waals surface area (Å²) in [7, 11) is 0. The maximum Gasteiger partial charge on any atom is 0.283 e. The Morgan fingerprint density at radius 1 is 1.39 bits per heavy atom. The molecule has 2 aliphatic rings. The summed E-state index contributed by atoms with van der Waals surface area (Å²) in [4.78, 5) is 22.8. The number of nitro groups is 1. The lowest BCUT2D eigenvalue weighted by atomic mass is 9.90. The SMILES string of the molecule is CC12CCCCC1C2C(=O)NN=Cc1ccc(-c2ccc(F)cc2[N+](=O)[O-])o1. The number of fused-ring (bicyclic) bond motifs is 1. The van der Waals surface area contributed by atoms with Crippen LogP contribution in [0.4, 0.5) is 10.1 Å². The van der Waals surface area contributed by atoms with Crippen molar-refractivity contribution in [2.45, 2.75) is 32.6 Å². The first-order valence-corrected chi connectivity index (χ1v) is 9.27. The van der Waals surface area contributed by atoms with E-state index in [1.165, 1.54) is 25.1 Å². The van der Waals surface area contributed by atoms with Gasteiger partial charge in [-0.2, -0.15) is 5.10 Å². The number of carbonyl (C=O) groups excluding carboxylic acids is 1. The number of nitro benzene ring substituents is 1. The van der Waals surface area contributed by atoms with Gasteiger partial charge in [0.15, 0.2) is 0 Å². The van der Waals surface area contributed by atoms with Gasteiger partial charge in [0.25, 0.3) is 5.69 Å². The molecule has 1 amide bonds. The first-order valence-electron chi connectivity index (χ1n) is 9.27. The Bertz CT molecular complexity index is 970. The van der Waals surface area contributed by atoms with Crippen LogP contribution in [-0.2, 0) is 4.79 Å². The minimum Gasteiger partial charge on any atom is -0.455 e. The molecule has 0 bridgehead atoms. The lowest BCUT2D eigenvalue weighted by Crippen LogP contribution is -2.22. The number of hydrogen-bond donors (Lipinski definition) is 1. The second-order valence-corrected chi connectivity index (χ2v) is 7.69. The van der Waals surface area contributed by atoms with Crippen LogP contribution in [0.15, 0.2) is 39.9 Å². The monoisotopic (exact) mass is 385 g/mol. The van der Waals surface area contributed by atoms with E-state index in [1.807, 2.05) is 0 Å². The highest BCUT2D eigenvalue weighted by Crippen LogP contribution is 2.66. The maximum absolute atomic E-state index is 13.3. The highest BCUT2D eigenvalue weighted by atomic mass is 19.1. The van der Waals surface area contributed by atoms with Crippen LogP contribution in [0, 0.1) is 33.2 Å². The Balaban J connectivity index is 1.43. The van der Waals surface area contributed by atoms with E-state index in [2.05, 4.69) is 17.5 Å². The molecular formula is C20H20FN3O4. The van der Waals surface area contributed by atoms with E-state index >= 15 is 0 Å². The van der Waals surface area contributed by atoms with Gasteiger partial charge < -0.3 is 4.42 Å². The highest BCUT2D eigenvalue weighted by Gasteiger charge is 2.64. The van der Waals surface area contributed by atoms with Gasteiger partial charge in [-0.05, 0) is 48.4 Å². The van der Waals surface area contributed by atoms with E-state index < -0.39 is 10.7 Å². The predicted octanol–water partition coefficient (Wildman–Crippen LogP) is 4.27. The van der Waals surface area contributed by atoms with E-state index in [0.29, 0.717) is 11.7 Å². The molecule has 0 saturated heterocycles. The third-order valence-corrected chi connectivity index (χ3v) is 6.03. The summed E-state index contributed by atoms with van der Waals surface area (Å²) in [6, 6.07) is 6.40. The zero-order valence-corrected chi connectivity index (χ0v) is 15.4. The quantitative estimate of drug-likeness (QED) is 0.472. The lowest BCUT2D eigenvalue weighted by Gasteiger charge is -2.15. The van der Waals surface area contributed by atoms with Gasteiger partial charge in [0.1, 0.15) is 17.3 Å². The van der Waals surface area contributed by atoms with E-state index in [0.717, 1.165) is 25.0 Å². The first-order chi connectivity index (χ1) is 13.4. The van der Waals surface area contributed by atoms with Gasteiger partial charge in [-0.15, -0.1) is 0 Å². The van der Waals surface area contributed by atoms with Gasteiger partial charge in [0.2, 0.25) is 5.91 Å². The zero-order chi connectivity index (χ0) is 19.9. The van der Waals surface area contributed by atoms with Gasteiger partial charge in [0.05, 0.1) is 22.8 Å². The molecule has 0 radical (unpaired) electrons. The fraction of sp³-hybridized carbons (Fsp3) is 0.400. The van der Waals surface area contributed by atoms with Crippen LogP contribution in [0.25, 0.3) is 11.3 Å². The molecule has 2 aromatic rings. The standard InChI is InChI=1S/C20H20FN3O4/c1-20-9-3-2-4-15(20)18(20)19(25)23-22-11-13-6-8-17(28-13)14-7-5-12(21)10-16(14)24(26)27/h5-8,10-11,15,18H,2-4,9H2,1H3,(H,23,25). The molecule has 146 valence electrons. The maximum atomic E-state index is 13.3. The van der Waals surface area contributed by atoms with Crippen molar-refractivity contribution in [3.8, 4) is 11.3 Å². The Morgan fingerprint density at radius 2 is 2.21 bits per heavy atom. The average Bonchev–Trinajstić information content (AvgIpc) is 3.02. The molecule has 3 atom stereocenters. The molecule has 1 aromatic carbocycles.